The summed E-state index contributed by atoms with van der Waals surface area (Å²) in [7, 11) is 3.05. The maximum atomic E-state index is 13.1. The van der Waals surface area contributed by atoms with Crippen LogP contribution >= 0.6 is 0 Å². The van der Waals surface area contributed by atoms with Crippen molar-refractivity contribution in [3.8, 4) is 11.5 Å². The van der Waals surface area contributed by atoms with Crippen molar-refractivity contribution in [3.63, 3.8) is 0 Å². The summed E-state index contributed by atoms with van der Waals surface area (Å²) in [4.78, 5) is 27.8. The SMILES string of the molecule is COc1cc(OC)cc(C(=O)N[C@@H](Cc2ccccc2)C(=O)N2CCOCC2)c1. The molecule has 1 heterocycles. The van der Waals surface area contributed by atoms with Crippen molar-refractivity contribution in [2.45, 2.75) is 12.5 Å². The predicted molar refractivity (Wildman–Crippen MR) is 108 cm³/mol. The Labute approximate surface area is 170 Å². The molecule has 1 aliphatic heterocycles. The van der Waals surface area contributed by atoms with Crippen molar-refractivity contribution < 1.29 is 23.8 Å². The Morgan fingerprint density at radius 3 is 2.24 bits per heavy atom. The number of methoxy groups -OCH3 is 2. The van der Waals surface area contributed by atoms with E-state index in [1.54, 1.807) is 23.1 Å². The highest BCUT2D eigenvalue weighted by atomic mass is 16.5. The van der Waals surface area contributed by atoms with Gasteiger partial charge in [-0.2, -0.15) is 0 Å². The Morgan fingerprint density at radius 1 is 1.03 bits per heavy atom. The van der Waals surface area contributed by atoms with Crippen molar-refractivity contribution >= 4 is 11.8 Å². The van der Waals surface area contributed by atoms with E-state index < -0.39 is 6.04 Å². The van der Waals surface area contributed by atoms with Gasteiger partial charge in [0.25, 0.3) is 5.91 Å². The molecule has 1 aliphatic rings. The topological polar surface area (TPSA) is 77.1 Å². The van der Waals surface area contributed by atoms with Crippen molar-refractivity contribution in [2.75, 3.05) is 40.5 Å². The standard InChI is InChI=1S/C22H26N2O5/c1-27-18-13-17(14-19(15-18)28-2)21(25)23-20(12-16-6-4-3-5-7-16)22(26)24-8-10-29-11-9-24/h3-7,13-15,20H,8-12H2,1-2H3,(H,23,25)/t20-/m0/s1. The molecule has 2 aromatic rings. The molecule has 0 radical (unpaired) electrons. The number of morpholine rings is 1. The molecule has 2 amide bonds. The van der Waals surface area contributed by atoms with Crippen LogP contribution in [0.1, 0.15) is 15.9 Å². The zero-order valence-corrected chi connectivity index (χ0v) is 16.7. The van der Waals surface area contributed by atoms with Gasteiger partial charge in [0.15, 0.2) is 0 Å². The summed E-state index contributed by atoms with van der Waals surface area (Å²) in [6.45, 7) is 2.05. The average molecular weight is 398 g/mol. The number of hydrogen-bond donors (Lipinski definition) is 1. The Hall–Kier alpha value is -3.06. The number of rotatable bonds is 7. The first-order valence-electron chi connectivity index (χ1n) is 9.55. The lowest BCUT2D eigenvalue weighted by atomic mass is 10.0. The number of hydrogen-bond acceptors (Lipinski definition) is 5. The van der Waals surface area contributed by atoms with E-state index >= 15 is 0 Å². The molecular weight excluding hydrogens is 372 g/mol. The number of amides is 2. The van der Waals surface area contributed by atoms with Crippen molar-refractivity contribution in [1.82, 2.24) is 10.2 Å². The monoisotopic (exact) mass is 398 g/mol. The number of nitrogens with one attached hydrogen (secondary N) is 1. The first kappa shape index (κ1) is 20.7. The van der Waals surface area contributed by atoms with Gasteiger partial charge >= 0.3 is 0 Å². The van der Waals surface area contributed by atoms with Crippen LogP contribution in [0.4, 0.5) is 0 Å². The summed E-state index contributed by atoms with van der Waals surface area (Å²) in [6.07, 6.45) is 0.407. The number of nitrogens with zero attached hydrogens (tertiary/aromatic N) is 1. The average Bonchev–Trinajstić information content (AvgIpc) is 2.78. The summed E-state index contributed by atoms with van der Waals surface area (Å²) < 4.78 is 15.8. The third-order valence-corrected chi connectivity index (χ3v) is 4.82. The van der Waals surface area contributed by atoms with Crippen LogP contribution in [0.15, 0.2) is 48.5 Å². The first-order chi connectivity index (χ1) is 14.1. The van der Waals surface area contributed by atoms with E-state index in [2.05, 4.69) is 5.32 Å². The second kappa shape index (κ2) is 9.93. The highest BCUT2D eigenvalue weighted by molar-refractivity contribution is 5.98. The van der Waals surface area contributed by atoms with Crippen LogP contribution in [0.25, 0.3) is 0 Å². The minimum absolute atomic E-state index is 0.111. The van der Waals surface area contributed by atoms with Crippen LogP contribution in [0.3, 0.4) is 0 Å². The quantitative estimate of drug-likeness (QED) is 0.771. The molecule has 7 nitrogen and oxygen atoms in total. The van der Waals surface area contributed by atoms with E-state index in [9.17, 15) is 9.59 Å². The Balaban J connectivity index is 1.81. The fraction of sp³-hybridized carbons (Fsp3) is 0.364. The molecule has 0 aromatic heterocycles. The smallest absolute Gasteiger partial charge is 0.252 e. The Morgan fingerprint density at radius 2 is 1.66 bits per heavy atom. The molecule has 0 saturated carbocycles. The van der Waals surface area contributed by atoms with Crippen molar-refractivity contribution in [2.24, 2.45) is 0 Å². The second-order valence-electron chi connectivity index (χ2n) is 6.75. The molecule has 0 unspecified atom stereocenters. The lowest BCUT2D eigenvalue weighted by Gasteiger charge is -2.31. The number of carbonyl (C=O) groups is 2. The van der Waals surface area contributed by atoms with Gasteiger partial charge in [0.2, 0.25) is 5.91 Å². The highest BCUT2D eigenvalue weighted by Crippen LogP contribution is 2.22. The molecule has 154 valence electrons. The summed E-state index contributed by atoms with van der Waals surface area (Å²) in [6, 6.07) is 13.9. The predicted octanol–water partition coefficient (Wildman–Crippen LogP) is 1.90. The normalized spacial score (nSPS) is 14.8. The van der Waals surface area contributed by atoms with E-state index in [4.69, 9.17) is 14.2 Å². The van der Waals surface area contributed by atoms with Gasteiger partial charge in [-0.15, -0.1) is 0 Å². The zero-order valence-electron chi connectivity index (χ0n) is 16.7. The molecule has 0 aliphatic carbocycles. The first-order valence-corrected chi connectivity index (χ1v) is 9.55. The Kier molecular flexibility index (Phi) is 7.08. The molecule has 0 spiro atoms. The van der Waals surface area contributed by atoms with Gasteiger partial charge in [-0.3, -0.25) is 9.59 Å². The van der Waals surface area contributed by atoms with Crippen LogP contribution in [-0.4, -0.2) is 63.3 Å². The summed E-state index contributed by atoms with van der Waals surface area (Å²) in [5.41, 5.74) is 1.34. The van der Waals surface area contributed by atoms with Gasteiger partial charge in [-0.25, -0.2) is 0 Å². The van der Waals surface area contributed by atoms with E-state index in [0.29, 0.717) is 49.8 Å². The van der Waals surface area contributed by atoms with E-state index in [1.807, 2.05) is 30.3 Å². The van der Waals surface area contributed by atoms with Crippen molar-refractivity contribution in [3.05, 3.63) is 59.7 Å². The van der Waals surface area contributed by atoms with Gasteiger partial charge in [-0.1, -0.05) is 30.3 Å². The number of benzene rings is 2. The zero-order chi connectivity index (χ0) is 20.6. The van der Waals surface area contributed by atoms with Crippen molar-refractivity contribution in [1.29, 1.82) is 0 Å². The maximum absolute atomic E-state index is 13.1. The van der Waals surface area contributed by atoms with E-state index in [1.165, 1.54) is 14.2 Å². The summed E-state index contributed by atoms with van der Waals surface area (Å²) in [5, 5.41) is 2.90. The molecular formula is C22H26N2O5. The molecule has 0 bridgehead atoms. The second-order valence-corrected chi connectivity index (χ2v) is 6.75. The molecule has 7 heteroatoms. The minimum Gasteiger partial charge on any atom is -0.497 e. The molecule has 1 N–H and O–H groups in total. The molecule has 1 atom stereocenters. The summed E-state index contributed by atoms with van der Waals surface area (Å²) >= 11 is 0. The van der Waals surface area contributed by atoms with Crippen LogP contribution in [-0.2, 0) is 16.0 Å². The van der Waals surface area contributed by atoms with E-state index in [0.717, 1.165) is 5.56 Å². The fourth-order valence-corrected chi connectivity index (χ4v) is 3.23. The Bertz CT molecular complexity index is 812. The maximum Gasteiger partial charge on any atom is 0.252 e. The fourth-order valence-electron chi connectivity index (χ4n) is 3.23. The van der Waals surface area contributed by atoms with Crippen LogP contribution in [0.5, 0.6) is 11.5 Å². The van der Waals surface area contributed by atoms with Gasteiger partial charge in [0.1, 0.15) is 17.5 Å². The van der Waals surface area contributed by atoms with Crippen LogP contribution in [0.2, 0.25) is 0 Å². The molecule has 29 heavy (non-hydrogen) atoms. The third-order valence-electron chi connectivity index (χ3n) is 4.82. The van der Waals surface area contributed by atoms with Gasteiger partial charge in [0.05, 0.1) is 27.4 Å². The number of ether oxygens (including phenoxy) is 3. The molecule has 3 rings (SSSR count). The van der Waals surface area contributed by atoms with Gasteiger partial charge < -0.3 is 24.4 Å². The third kappa shape index (κ3) is 5.48. The van der Waals surface area contributed by atoms with Gasteiger partial charge in [-0.05, 0) is 17.7 Å². The largest absolute Gasteiger partial charge is 0.497 e. The molecule has 1 saturated heterocycles. The molecule has 2 aromatic carbocycles. The summed E-state index contributed by atoms with van der Waals surface area (Å²) in [5.74, 6) is 0.548. The molecule has 1 fully saturated rings. The van der Waals surface area contributed by atoms with Gasteiger partial charge in [0, 0.05) is 31.1 Å². The van der Waals surface area contributed by atoms with Crippen LogP contribution in [0, 0.1) is 0 Å². The number of carbonyl (C=O) groups excluding carboxylic acids is 2. The lowest BCUT2D eigenvalue weighted by Crippen LogP contribution is -2.52. The highest BCUT2D eigenvalue weighted by Gasteiger charge is 2.28. The lowest BCUT2D eigenvalue weighted by molar-refractivity contribution is -0.137. The minimum atomic E-state index is -0.680. The van der Waals surface area contributed by atoms with Crippen LogP contribution < -0.4 is 14.8 Å². The van der Waals surface area contributed by atoms with E-state index in [-0.39, 0.29) is 11.8 Å².